The van der Waals surface area contributed by atoms with Crippen molar-refractivity contribution in [2.24, 2.45) is 0 Å². The van der Waals surface area contributed by atoms with E-state index < -0.39 is 29.4 Å². The van der Waals surface area contributed by atoms with E-state index in [1.807, 2.05) is 0 Å². The number of ketones is 1. The molecule has 1 aromatic carbocycles. The van der Waals surface area contributed by atoms with Gasteiger partial charge in [-0.15, -0.1) is 0 Å². The quantitative estimate of drug-likeness (QED) is 0.255. The minimum Gasteiger partial charge on any atom is -0.467 e. The molecule has 1 heterocycles. The molecule has 9 heteroatoms. The van der Waals surface area contributed by atoms with Gasteiger partial charge >= 0.3 is 23.4 Å². The molecule has 1 atom stereocenters. The second-order valence-corrected chi connectivity index (χ2v) is 5.08. The van der Waals surface area contributed by atoms with Crippen LogP contribution in [0.1, 0.15) is 18.7 Å². The van der Waals surface area contributed by atoms with Gasteiger partial charge in [-0.2, -0.15) is 13.6 Å². The van der Waals surface area contributed by atoms with Crippen LogP contribution in [0.2, 0.25) is 0 Å². The van der Waals surface area contributed by atoms with E-state index in [0.717, 1.165) is 0 Å². The van der Waals surface area contributed by atoms with E-state index >= 15 is 0 Å². The number of nitrogens with one attached hydrogen (secondary N) is 1. The minimum absolute atomic E-state index is 0.180. The van der Waals surface area contributed by atoms with Gasteiger partial charge in [0.05, 0.1) is 12.9 Å². The highest BCUT2D eigenvalue weighted by Gasteiger charge is 2.56. The molecule has 0 saturated heterocycles. The maximum Gasteiger partial charge on any atom is 0.448 e. The van der Waals surface area contributed by atoms with E-state index in [2.05, 4.69) is 14.8 Å². The highest BCUT2D eigenvalue weighted by Crippen LogP contribution is 2.36. The van der Waals surface area contributed by atoms with E-state index in [4.69, 9.17) is 9.95 Å². The number of nitrogens with zero attached hydrogens (tertiary/aromatic N) is 2. The highest BCUT2D eigenvalue weighted by atomic mass is 19.3. The van der Waals surface area contributed by atoms with Crippen LogP contribution in [0.5, 0.6) is 0 Å². The Kier molecular flexibility index (Phi) is 5.98. The van der Waals surface area contributed by atoms with Crippen molar-refractivity contribution in [1.82, 2.24) is 0 Å². The predicted molar refractivity (Wildman–Crippen MR) is 86.7 cm³/mol. The first-order valence-corrected chi connectivity index (χ1v) is 7.58. The van der Waals surface area contributed by atoms with Crippen LogP contribution in [0.3, 0.4) is 0 Å². The van der Waals surface area contributed by atoms with Gasteiger partial charge in [-0.05, 0) is 31.2 Å². The van der Waals surface area contributed by atoms with Crippen LogP contribution >= 0.6 is 0 Å². The standard InChI is InChI=1S/C17H15F2N3O4/c1-2-25-16(24)13(22-20)15(23)17(18,19)14(12-9-6-10-26-12)21-11-7-4-3-5-8-11/h3-10,14,21H,2H2,1H3. The number of hydrogen-bond acceptors (Lipinski definition) is 5. The second kappa shape index (κ2) is 8.17. The summed E-state index contributed by atoms with van der Waals surface area (Å²) in [5.74, 6) is -7.86. The Morgan fingerprint density at radius 3 is 2.50 bits per heavy atom. The summed E-state index contributed by atoms with van der Waals surface area (Å²) in [4.78, 5) is 26.2. The Morgan fingerprint density at radius 2 is 1.96 bits per heavy atom. The average Bonchev–Trinajstić information content (AvgIpc) is 3.15. The highest BCUT2D eigenvalue weighted by molar-refractivity contribution is 6.63. The van der Waals surface area contributed by atoms with Crippen LogP contribution in [-0.2, 0) is 14.3 Å². The number of alkyl halides is 2. The number of hydrogen-bond donors (Lipinski definition) is 1. The molecule has 0 aliphatic carbocycles. The molecule has 0 spiro atoms. The summed E-state index contributed by atoms with van der Waals surface area (Å²) in [5, 5.41) is 2.50. The number of halogens is 2. The summed E-state index contributed by atoms with van der Waals surface area (Å²) in [6.45, 7) is 1.23. The average molecular weight is 363 g/mol. The number of carbonyl (C=O) groups is 2. The van der Waals surface area contributed by atoms with Crippen molar-refractivity contribution in [3.05, 3.63) is 60.0 Å². The zero-order valence-electron chi connectivity index (χ0n) is 13.7. The number of para-hydroxylation sites is 1. The van der Waals surface area contributed by atoms with Crippen molar-refractivity contribution in [3.8, 4) is 0 Å². The Morgan fingerprint density at radius 1 is 1.27 bits per heavy atom. The number of benzene rings is 1. The van der Waals surface area contributed by atoms with Crippen LogP contribution in [0, 0.1) is 0 Å². The molecule has 0 aliphatic rings. The van der Waals surface area contributed by atoms with Gasteiger partial charge in [-0.25, -0.2) is 4.79 Å². The fourth-order valence-electron chi connectivity index (χ4n) is 2.16. The second-order valence-electron chi connectivity index (χ2n) is 5.08. The molecule has 0 bridgehead atoms. The van der Waals surface area contributed by atoms with Crippen molar-refractivity contribution in [2.45, 2.75) is 18.9 Å². The third-order valence-electron chi connectivity index (χ3n) is 3.36. The van der Waals surface area contributed by atoms with Gasteiger partial charge in [0.15, 0.2) is 6.04 Å². The number of anilines is 1. The maximum atomic E-state index is 14.9. The molecule has 0 aliphatic heterocycles. The van der Waals surface area contributed by atoms with Crippen molar-refractivity contribution in [2.75, 3.05) is 11.9 Å². The van der Waals surface area contributed by atoms with Gasteiger partial charge < -0.3 is 20.0 Å². The summed E-state index contributed by atoms with van der Waals surface area (Å²) in [6, 6.07) is 8.63. The van der Waals surface area contributed by atoms with E-state index in [9.17, 15) is 18.4 Å². The zero-order chi connectivity index (χ0) is 19.2. The zero-order valence-corrected chi connectivity index (χ0v) is 13.7. The SMILES string of the molecule is CCOC(=O)C(=[N+]=[N-])C(=O)C(F)(F)C(Nc1ccccc1)c1ccco1. The molecule has 26 heavy (non-hydrogen) atoms. The third-order valence-corrected chi connectivity index (χ3v) is 3.36. The molecule has 0 radical (unpaired) electrons. The summed E-state index contributed by atoms with van der Waals surface area (Å²) in [6.07, 6.45) is 1.17. The van der Waals surface area contributed by atoms with Gasteiger partial charge in [-0.1, -0.05) is 18.2 Å². The Balaban J connectivity index is 2.40. The number of furan rings is 1. The van der Waals surface area contributed by atoms with Crippen LogP contribution in [-0.4, -0.2) is 34.8 Å². The normalized spacial score (nSPS) is 12.0. The first-order chi connectivity index (χ1) is 12.4. The van der Waals surface area contributed by atoms with E-state index in [-0.39, 0.29) is 12.4 Å². The lowest BCUT2D eigenvalue weighted by Crippen LogP contribution is -2.46. The maximum absolute atomic E-state index is 14.9. The van der Waals surface area contributed by atoms with E-state index in [0.29, 0.717) is 5.69 Å². The molecule has 1 N–H and O–H groups in total. The lowest BCUT2D eigenvalue weighted by Gasteiger charge is -2.24. The van der Waals surface area contributed by atoms with E-state index in [1.165, 1.54) is 37.5 Å². The van der Waals surface area contributed by atoms with Gasteiger partial charge in [0, 0.05) is 5.69 Å². The van der Waals surface area contributed by atoms with Crippen molar-refractivity contribution >= 4 is 23.2 Å². The molecule has 0 amide bonds. The number of Topliss-reactive ketones (excluding diaryl/α,β-unsaturated/α-hetero) is 1. The lowest BCUT2D eigenvalue weighted by atomic mass is 9.99. The summed E-state index contributed by atoms with van der Waals surface area (Å²) < 4.78 is 39.3. The van der Waals surface area contributed by atoms with Crippen molar-refractivity contribution in [3.63, 3.8) is 0 Å². The Labute approximate surface area is 147 Å². The molecular formula is C17H15F2N3O4. The number of ether oxygens (including phenoxy) is 1. The summed E-state index contributed by atoms with van der Waals surface area (Å²) in [5.41, 5.74) is 7.74. The Hall–Kier alpha value is -3.32. The molecule has 136 valence electrons. The minimum atomic E-state index is -4.18. The predicted octanol–water partition coefficient (Wildman–Crippen LogP) is 2.87. The van der Waals surface area contributed by atoms with Gasteiger partial charge in [0.1, 0.15) is 5.76 Å². The van der Waals surface area contributed by atoms with Crippen LogP contribution in [0.25, 0.3) is 5.53 Å². The topological polar surface area (TPSA) is 105 Å². The number of carbonyl (C=O) groups excluding carboxylic acids is 2. The Bertz CT molecular complexity index is 816. The van der Waals surface area contributed by atoms with Crippen LogP contribution in [0.4, 0.5) is 14.5 Å². The molecule has 1 aromatic heterocycles. The third kappa shape index (κ3) is 4.01. The van der Waals surface area contributed by atoms with Gasteiger partial charge in [-0.3, -0.25) is 4.79 Å². The molecule has 1 unspecified atom stereocenters. The summed E-state index contributed by atoms with van der Waals surface area (Å²) >= 11 is 0. The monoisotopic (exact) mass is 363 g/mol. The largest absolute Gasteiger partial charge is 0.467 e. The molecule has 7 nitrogen and oxygen atoms in total. The molecular weight excluding hydrogens is 348 g/mol. The van der Waals surface area contributed by atoms with Gasteiger partial charge in [0.25, 0.3) is 0 Å². The summed E-state index contributed by atoms with van der Waals surface area (Å²) in [7, 11) is 0. The van der Waals surface area contributed by atoms with E-state index in [1.54, 1.807) is 18.2 Å². The lowest BCUT2D eigenvalue weighted by molar-refractivity contribution is -0.150. The first-order valence-electron chi connectivity index (χ1n) is 7.58. The van der Waals surface area contributed by atoms with Crippen LogP contribution in [0.15, 0.2) is 53.1 Å². The fourth-order valence-corrected chi connectivity index (χ4v) is 2.16. The molecule has 2 aromatic rings. The van der Waals surface area contributed by atoms with Crippen LogP contribution < -0.4 is 5.32 Å². The number of esters is 1. The molecule has 0 saturated carbocycles. The fraction of sp³-hybridized carbons (Fsp3) is 0.235. The first kappa shape index (κ1) is 19.0. The smallest absolute Gasteiger partial charge is 0.448 e. The molecule has 0 fully saturated rings. The van der Waals surface area contributed by atoms with Gasteiger partial charge in [0.2, 0.25) is 0 Å². The van der Waals surface area contributed by atoms with Crippen molar-refractivity contribution in [1.29, 1.82) is 0 Å². The number of rotatable bonds is 8. The molecule has 2 rings (SSSR count). The van der Waals surface area contributed by atoms with Crippen molar-refractivity contribution < 1.29 is 32.3 Å².